The number of nitrogens with one attached hydrogen (secondary N) is 3. The van der Waals surface area contributed by atoms with Crippen LogP contribution in [-0.2, 0) is 6.54 Å². The maximum atomic E-state index is 4.51. The van der Waals surface area contributed by atoms with Crippen molar-refractivity contribution < 1.29 is 0 Å². The van der Waals surface area contributed by atoms with E-state index in [1.807, 2.05) is 18.3 Å². The highest BCUT2D eigenvalue weighted by Crippen LogP contribution is 2.09. The van der Waals surface area contributed by atoms with Gasteiger partial charge >= 0.3 is 0 Å². The largest absolute Gasteiger partial charge is 0.352 e. The molecule has 6 heteroatoms. The van der Waals surface area contributed by atoms with E-state index in [1.54, 1.807) is 0 Å². The Labute approximate surface area is 122 Å². The molecule has 2 aromatic heterocycles. The van der Waals surface area contributed by atoms with Gasteiger partial charge in [-0.1, -0.05) is 0 Å². The topological polar surface area (TPSA) is 65.1 Å². The summed E-state index contributed by atoms with van der Waals surface area (Å²) in [7, 11) is 0. The van der Waals surface area contributed by atoms with E-state index < -0.39 is 0 Å². The smallest absolute Gasteiger partial charge is 0.191 e. The first kappa shape index (κ1) is 13.1. The summed E-state index contributed by atoms with van der Waals surface area (Å²) in [5.41, 5.74) is 1.93. The molecule has 96 valence electrons. The molecule has 0 bridgehead atoms. The second-order valence-electron chi connectivity index (χ2n) is 4.31. The first-order chi connectivity index (χ1) is 8.31. The molecular formula is C12H16IN5. The van der Waals surface area contributed by atoms with E-state index in [0.29, 0.717) is 12.6 Å². The number of nitrogens with zero attached hydrogens (tertiary/aromatic N) is 2. The Hall–Kier alpha value is -1.31. The third kappa shape index (κ3) is 2.74. The maximum Gasteiger partial charge on any atom is 0.191 e. The van der Waals surface area contributed by atoms with Crippen molar-refractivity contribution in [3.05, 3.63) is 30.1 Å². The average Bonchev–Trinajstić information content (AvgIpc) is 2.94. The molecule has 1 aliphatic rings. The Kier molecular flexibility index (Phi) is 4.05. The van der Waals surface area contributed by atoms with Gasteiger partial charge in [-0.3, -0.25) is 4.99 Å². The van der Waals surface area contributed by atoms with Crippen molar-refractivity contribution in [2.24, 2.45) is 4.99 Å². The number of rotatable bonds is 2. The third-order valence-corrected chi connectivity index (χ3v) is 2.81. The fourth-order valence-corrected chi connectivity index (χ4v) is 1.90. The summed E-state index contributed by atoms with van der Waals surface area (Å²) in [4.78, 5) is 12.0. The zero-order valence-electron chi connectivity index (χ0n) is 10.1. The van der Waals surface area contributed by atoms with Crippen molar-refractivity contribution in [3.63, 3.8) is 0 Å². The van der Waals surface area contributed by atoms with Gasteiger partial charge in [0.15, 0.2) is 5.96 Å². The molecule has 1 atom stereocenters. The van der Waals surface area contributed by atoms with Crippen molar-refractivity contribution >= 4 is 41.0 Å². The molecule has 0 aromatic carbocycles. The van der Waals surface area contributed by atoms with E-state index in [4.69, 9.17) is 0 Å². The van der Waals surface area contributed by atoms with Crippen LogP contribution in [0.3, 0.4) is 0 Å². The summed E-state index contributed by atoms with van der Waals surface area (Å²) >= 11 is 0. The SMILES string of the molecule is CC1CN=C(NCc2ccc3cc[nH]c3n2)N1.I. The standard InChI is InChI=1S/C12H15N5.HI/c1-8-6-14-12(16-8)15-7-10-3-2-9-4-5-13-11(9)17-10;/h2-5,8H,6-7H2,1H3,(H,13,17)(H2,14,15,16);1H. The predicted molar refractivity (Wildman–Crippen MR) is 83.2 cm³/mol. The Balaban J connectivity index is 0.00000120. The van der Waals surface area contributed by atoms with Gasteiger partial charge in [-0.25, -0.2) is 4.98 Å². The van der Waals surface area contributed by atoms with Crippen molar-refractivity contribution in [2.45, 2.75) is 19.5 Å². The number of pyridine rings is 1. The molecule has 1 aliphatic heterocycles. The summed E-state index contributed by atoms with van der Waals surface area (Å²) < 4.78 is 0. The zero-order valence-corrected chi connectivity index (χ0v) is 12.4. The summed E-state index contributed by atoms with van der Waals surface area (Å²) in [5, 5.41) is 7.64. The third-order valence-electron chi connectivity index (χ3n) is 2.81. The van der Waals surface area contributed by atoms with Gasteiger partial charge in [-0.2, -0.15) is 0 Å². The minimum atomic E-state index is 0. The van der Waals surface area contributed by atoms with E-state index in [9.17, 15) is 0 Å². The first-order valence-electron chi connectivity index (χ1n) is 5.79. The number of hydrogen-bond donors (Lipinski definition) is 3. The van der Waals surface area contributed by atoms with E-state index in [-0.39, 0.29) is 24.0 Å². The van der Waals surface area contributed by atoms with Crippen molar-refractivity contribution in [1.82, 2.24) is 20.6 Å². The van der Waals surface area contributed by atoms with Gasteiger partial charge in [0.2, 0.25) is 0 Å². The summed E-state index contributed by atoms with van der Waals surface area (Å²) in [6.45, 7) is 3.64. The Bertz CT molecular complexity index is 562. The highest BCUT2D eigenvalue weighted by molar-refractivity contribution is 14.0. The Morgan fingerprint density at radius 2 is 2.28 bits per heavy atom. The van der Waals surface area contributed by atoms with Crippen molar-refractivity contribution in [1.29, 1.82) is 0 Å². The number of aliphatic imine (C=N–C) groups is 1. The molecule has 0 fully saturated rings. The molecule has 3 heterocycles. The van der Waals surface area contributed by atoms with Crippen LogP contribution in [0.4, 0.5) is 0 Å². The molecule has 18 heavy (non-hydrogen) atoms. The molecule has 3 N–H and O–H groups in total. The number of aromatic nitrogens is 2. The van der Waals surface area contributed by atoms with Gasteiger partial charge in [-0.05, 0) is 25.1 Å². The number of guanidine groups is 1. The lowest BCUT2D eigenvalue weighted by molar-refractivity contribution is 0.712. The molecule has 0 spiro atoms. The lowest BCUT2D eigenvalue weighted by Crippen LogP contribution is -2.37. The van der Waals surface area contributed by atoms with Crippen LogP contribution >= 0.6 is 24.0 Å². The molecule has 2 aromatic rings. The summed E-state index contributed by atoms with van der Waals surface area (Å²) in [6.07, 6.45) is 1.90. The molecule has 0 radical (unpaired) electrons. The van der Waals surface area contributed by atoms with Crippen molar-refractivity contribution in [2.75, 3.05) is 6.54 Å². The number of fused-ring (bicyclic) bond motifs is 1. The highest BCUT2D eigenvalue weighted by atomic mass is 127. The quantitative estimate of drug-likeness (QED) is 0.716. The van der Waals surface area contributed by atoms with Crippen LogP contribution in [0, 0.1) is 0 Å². The Morgan fingerprint density at radius 3 is 3.06 bits per heavy atom. The number of H-pyrrole nitrogens is 1. The van der Waals surface area contributed by atoms with Crippen LogP contribution in [0.5, 0.6) is 0 Å². The number of halogens is 1. The summed E-state index contributed by atoms with van der Waals surface area (Å²) in [6, 6.07) is 6.55. The van der Waals surface area contributed by atoms with Crippen LogP contribution in [0.25, 0.3) is 11.0 Å². The van der Waals surface area contributed by atoms with Gasteiger partial charge in [0.05, 0.1) is 18.8 Å². The molecule has 3 rings (SSSR count). The second kappa shape index (κ2) is 5.55. The molecule has 0 saturated carbocycles. The summed E-state index contributed by atoms with van der Waals surface area (Å²) in [5.74, 6) is 0.867. The minimum Gasteiger partial charge on any atom is -0.352 e. The number of hydrogen-bond acceptors (Lipinski definition) is 4. The van der Waals surface area contributed by atoms with E-state index in [0.717, 1.165) is 29.2 Å². The minimum absolute atomic E-state index is 0. The van der Waals surface area contributed by atoms with Crippen LogP contribution in [0.1, 0.15) is 12.6 Å². The average molecular weight is 357 g/mol. The predicted octanol–water partition coefficient (Wildman–Crippen LogP) is 1.62. The molecule has 5 nitrogen and oxygen atoms in total. The van der Waals surface area contributed by atoms with Gasteiger partial charge in [0.25, 0.3) is 0 Å². The monoisotopic (exact) mass is 357 g/mol. The van der Waals surface area contributed by atoms with Gasteiger partial charge < -0.3 is 15.6 Å². The van der Waals surface area contributed by atoms with Gasteiger partial charge in [-0.15, -0.1) is 24.0 Å². The van der Waals surface area contributed by atoms with Crippen LogP contribution in [0.15, 0.2) is 29.4 Å². The molecule has 1 unspecified atom stereocenters. The van der Waals surface area contributed by atoms with Crippen LogP contribution in [-0.4, -0.2) is 28.5 Å². The lowest BCUT2D eigenvalue weighted by atomic mass is 10.3. The van der Waals surface area contributed by atoms with E-state index in [2.05, 4.69) is 38.6 Å². The van der Waals surface area contributed by atoms with E-state index >= 15 is 0 Å². The number of aromatic amines is 1. The van der Waals surface area contributed by atoms with Crippen molar-refractivity contribution in [3.8, 4) is 0 Å². The van der Waals surface area contributed by atoms with Gasteiger partial charge in [0.1, 0.15) is 5.65 Å². The normalized spacial score (nSPS) is 18.1. The molecule has 0 saturated heterocycles. The van der Waals surface area contributed by atoms with E-state index in [1.165, 1.54) is 0 Å². The van der Waals surface area contributed by atoms with Gasteiger partial charge in [0, 0.05) is 17.6 Å². The molecule has 0 aliphatic carbocycles. The second-order valence-corrected chi connectivity index (χ2v) is 4.31. The molecular weight excluding hydrogens is 341 g/mol. The first-order valence-corrected chi connectivity index (χ1v) is 5.79. The lowest BCUT2D eigenvalue weighted by Gasteiger charge is -2.08. The Morgan fingerprint density at radius 1 is 1.39 bits per heavy atom. The van der Waals surface area contributed by atoms with Crippen LogP contribution < -0.4 is 10.6 Å². The highest BCUT2D eigenvalue weighted by Gasteiger charge is 2.11. The fraction of sp³-hybridized carbons (Fsp3) is 0.333. The molecule has 0 amide bonds. The maximum absolute atomic E-state index is 4.51. The van der Waals surface area contributed by atoms with Crippen LogP contribution in [0.2, 0.25) is 0 Å². The zero-order chi connectivity index (χ0) is 11.7. The fourth-order valence-electron chi connectivity index (χ4n) is 1.90.